The minimum Gasteiger partial charge on any atom is -0.495 e. The molecule has 0 spiro atoms. The van der Waals surface area contributed by atoms with Crippen LogP contribution in [0.25, 0.3) is 0 Å². The van der Waals surface area contributed by atoms with Gasteiger partial charge >= 0.3 is 0 Å². The lowest BCUT2D eigenvalue weighted by molar-refractivity contribution is 0.0954. The average molecular weight is 468 g/mol. The van der Waals surface area contributed by atoms with E-state index in [1.165, 1.54) is 31.4 Å². The van der Waals surface area contributed by atoms with Crippen LogP contribution in [0.3, 0.4) is 0 Å². The molecule has 3 rings (SSSR count). The molecule has 0 bridgehead atoms. The standard InChI is InChI=1S/C24H25N3O5S/c1-4-25-23(28)18-13-12-16(2)21(15-18)26-24(29)17-8-7-9-19(14-17)33(30,31)27-20-10-5-6-11-22(20)32-3/h5-15,27H,4H2,1-3H3,(H,25,28)(H,26,29). The molecule has 0 saturated carbocycles. The number of benzene rings is 3. The normalized spacial score (nSPS) is 10.9. The highest BCUT2D eigenvalue weighted by atomic mass is 32.2. The van der Waals surface area contributed by atoms with Crippen LogP contribution in [-0.2, 0) is 10.0 Å². The third kappa shape index (κ3) is 5.69. The lowest BCUT2D eigenvalue weighted by Crippen LogP contribution is -2.23. The highest BCUT2D eigenvalue weighted by Gasteiger charge is 2.19. The fourth-order valence-corrected chi connectivity index (χ4v) is 4.21. The summed E-state index contributed by atoms with van der Waals surface area (Å²) in [5.74, 6) is -0.374. The van der Waals surface area contributed by atoms with Crippen molar-refractivity contribution >= 4 is 33.2 Å². The molecule has 3 aromatic carbocycles. The van der Waals surface area contributed by atoms with Crippen molar-refractivity contribution in [3.63, 3.8) is 0 Å². The SMILES string of the molecule is CCNC(=O)c1ccc(C)c(NC(=O)c2cccc(S(=O)(=O)Nc3ccccc3OC)c2)c1. The quantitative estimate of drug-likeness (QED) is 0.466. The number of hydrogen-bond acceptors (Lipinski definition) is 5. The molecule has 0 aliphatic carbocycles. The molecule has 0 aliphatic rings. The second-order valence-corrected chi connectivity index (χ2v) is 8.86. The average Bonchev–Trinajstić information content (AvgIpc) is 2.80. The summed E-state index contributed by atoms with van der Waals surface area (Å²) in [6.45, 7) is 4.10. The van der Waals surface area contributed by atoms with Gasteiger partial charge < -0.3 is 15.4 Å². The first-order valence-electron chi connectivity index (χ1n) is 10.2. The Balaban J connectivity index is 1.84. The molecule has 2 amide bonds. The molecule has 0 saturated heterocycles. The van der Waals surface area contributed by atoms with Crippen molar-refractivity contribution < 1.29 is 22.7 Å². The van der Waals surface area contributed by atoms with Crippen LogP contribution >= 0.6 is 0 Å². The first kappa shape index (κ1) is 23.8. The zero-order valence-corrected chi connectivity index (χ0v) is 19.3. The van der Waals surface area contributed by atoms with Gasteiger partial charge in [-0.2, -0.15) is 0 Å². The Morgan fingerprint density at radius 3 is 2.33 bits per heavy atom. The van der Waals surface area contributed by atoms with Gasteiger partial charge in [0.1, 0.15) is 5.75 Å². The maximum atomic E-state index is 12.9. The van der Waals surface area contributed by atoms with E-state index in [4.69, 9.17) is 4.74 Å². The molecule has 0 atom stereocenters. The lowest BCUT2D eigenvalue weighted by Gasteiger charge is -2.13. The maximum Gasteiger partial charge on any atom is 0.262 e. The fourth-order valence-electron chi connectivity index (χ4n) is 3.09. The van der Waals surface area contributed by atoms with Gasteiger partial charge in [0.25, 0.3) is 21.8 Å². The number of nitrogens with one attached hydrogen (secondary N) is 3. The lowest BCUT2D eigenvalue weighted by atomic mass is 10.1. The predicted molar refractivity (Wildman–Crippen MR) is 127 cm³/mol. The summed E-state index contributed by atoms with van der Waals surface area (Å²) in [5, 5.41) is 5.47. The number of para-hydroxylation sites is 2. The van der Waals surface area contributed by atoms with E-state index in [1.54, 1.807) is 49.4 Å². The minimum absolute atomic E-state index is 0.0751. The third-order valence-corrected chi connectivity index (χ3v) is 6.21. The Hall–Kier alpha value is -3.85. The van der Waals surface area contributed by atoms with E-state index >= 15 is 0 Å². The number of methoxy groups -OCH3 is 1. The topological polar surface area (TPSA) is 114 Å². The number of carbonyl (C=O) groups excluding carboxylic acids is 2. The van der Waals surface area contributed by atoms with Crippen LogP contribution in [0, 0.1) is 6.92 Å². The van der Waals surface area contributed by atoms with Crippen LogP contribution in [0.1, 0.15) is 33.2 Å². The third-order valence-electron chi connectivity index (χ3n) is 4.84. The number of aryl methyl sites for hydroxylation is 1. The second-order valence-electron chi connectivity index (χ2n) is 7.18. The summed E-state index contributed by atoms with van der Waals surface area (Å²) < 4.78 is 33.5. The Kier molecular flexibility index (Phi) is 7.34. The molecule has 3 N–H and O–H groups in total. The van der Waals surface area contributed by atoms with E-state index in [9.17, 15) is 18.0 Å². The van der Waals surface area contributed by atoms with Gasteiger partial charge in [-0.25, -0.2) is 8.42 Å². The molecule has 0 heterocycles. The molecule has 0 aromatic heterocycles. The molecule has 33 heavy (non-hydrogen) atoms. The Bertz CT molecular complexity index is 1290. The van der Waals surface area contributed by atoms with Crippen LogP contribution in [0.15, 0.2) is 71.6 Å². The number of amides is 2. The number of ether oxygens (including phenoxy) is 1. The number of anilines is 2. The molecule has 3 aromatic rings. The van der Waals surface area contributed by atoms with E-state index in [-0.39, 0.29) is 22.1 Å². The van der Waals surface area contributed by atoms with E-state index in [1.807, 2.05) is 6.92 Å². The summed E-state index contributed by atoms with van der Waals surface area (Å²) in [6.07, 6.45) is 0. The predicted octanol–water partition coefficient (Wildman–Crippen LogP) is 3.81. The molecular formula is C24H25N3O5S. The summed E-state index contributed by atoms with van der Waals surface area (Å²) in [5.41, 5.74) is 2.07. The number of sulfonamides is 1. The molecule has 0 unspecified atom stereocenters. The zero-order chi connectivity index (χ0) is 24.0. The van der Waals surface area contributed by atoms with Crippen LogP contribution in [0.2, 0.25) is 0 Å². The number of hydrogen-bond donors (Lipinski definition) is 3. The van der Waals surface area contributed by atoms with Crippen LogP contribution in [-0.4, -0.2) is 33.9 Å². The van der Waals surface area contributed by atoms with Gasteiger partial charge in [0.2, 0.25) is 0 Å². The Morgan fingerprint density at radius 1 is 0.879 bits per heavy atom. The van der Waals surface area contributed by atoms with Crippen molar-refractivity contribution in [1.29, 1.82) is 0 Å². The Labute approximate surface area is 193 Å². The van der Waals surface area contributed by atoms with Crippen molar-refractivity contribution in [3.8, 4) is 5.75 Å². The fraction of sp³-hybridized carbons (Fsp3) is 0.167. The van der Waals surface area contributed by atoms with Crippen molar-refractivity contribution in [2.45, 2.75) is 18.7 Å². The highest BCUT2D eigenvalue weighted by molar-refractivity contribution is 7.92. The van der Waals surface area contributed by atoms with E-state index < -0.39 is 15.9 Å². The van der Waals surface area contributed by atoms with E-state index in [0.717, 1.165) is 5.56 Å². The smallest absolute Gasteiger partial charge is 0.262 e. The van der Waals surface area contributed by atoms with Gasteiger partial charge in [-0.3, -0.25) is 14.3 Å². The summed E-state index contributed by atoms with van der Waals surface area (Å²) in [4.78, 5) is 24.9. The summed E-state index contributed by atoms with van der Waals surface area (Å²) in [7, 11) is -2.52. The first-order valence-corrected chi connectivity index (χ1v) is 11.7. The molecule has 0 fully saturated rings. The van der Waals surface area contributed by atoms with E-state index in [2.05, 4.69) is 15.4 Å². The van der Waals surface area contributed by atoms with Gasteiger partial charge in [0.15, 0.2) is 0 Å². The summed E-state index contributed by atoms with van der Waals surface area (Å²) >= 11 is 0. The Morgan fingerprint density at radius 2 is 1.61 bits per heavy atom. The molecular weight excluding hydrogens is 442 g/mol. The second kappa shape index (κ2) is 10.2. The molecule has 0 radical (unpaired) electrons. The van der Waals surface area contributed by atoms with Crippen LogP contribution in [0.5, 0.6) is 5.75 Å². The van der Waals surface area contributed by atoms with Crippen LogP contribution in [0.4, 0.5) is 11.4 Å². The largest absolute Gasteiger partial charge is 0.495 e. The van der Waals surface area contributed by atoms with E-state index in [0.29, 0.717) is 23.5 Å². The molecule has 0 aliphatic heterocycles. The molecule has 172 valence electrons. The van der Waals surface area contributed by atoms with Crippen molar-refractivity contribution in [3.05, 3.63) is 83.4 Å². The highest BCUT2D eigenvalue weighted by Crippen LogP contribution is 2.26. The maximum absolute atomic E-state index is 12.9. The molecule has 9 heteroatoms. The zero-order valence-electron chi connectivity index (χ0n) is 18.5. The molecule has 8 nitrogen and oxygen atoms in total. The van der Waals surface area contributed by atoms with Crippen LogP contribution < -0.4 is 20.1 Å². The first-order chi connectivity index (χ1) is 15.7. The van der Waals surface area contributed by atoms with Crippen molar-refractivity contribution in [1.82, 2.24) is 5.32 Å². The van der Waals surface area contributed by atoms with Gasteiger partial charge in [-0.05, 0) is 61.9 Å². The van der Waals surface area contributed by atoms with Crippen molar-refractivity contribution in [2.24, 2.45) is 0 Å². The van der Waals surface area contributed by atoms with Gasteiger partial charge in [-0.1, -0.05) is 24.3 Å². The number of carbonyl (C=O) groups is 2. The monoisotopic (exact) mass is 467 g/mol. The van der Waals surface area contributed by atoms with Gasteiger partial charge in [0, 0.05) is 23.4 Å². The summed E-state index contributed by atoms with van der Waals surface area (Å²) in [6, 6.07) is 17.3. The van der Waals surface area contributed by atoms with Gasteiger partial charge in [-0.15, -0.1) is 0 Å². The van der Waals surface area contributed by atoms with Crippen molar-refractivity contribution in [2.75, 3.05) is 23.7 Å². The number of rotatable bonds is 8. The minimum atomic E-state index is -3.97. The van der Waals surface area contributed by atoms with Gasteiger partial charge in [0.05, 0.1) is 17.7 Å².